The number of aryl methyl sites for hydroxylation is 1. The number of anilines is 5. The van der Waals surface area contributed by atoms with Gasteiger partial charge in [0.1, 0.15) is 22.3 Å². The van der Waals surface area contributed by atoms with Crippen molar-refractivity contribution in [2.75, 3.05) is 41.8 Å². The van der Waals surface area contributed by atoms with Crippen molar-refractivity contribution in [3.05, 3.63) is 83.5 Å². The van der Waals surface area contributed by atoms with E-state index in [0.29, 0.717) is 30.7 Å². The van der Waals surface area contributed by atoms with Gasteiger partial charge in [-0.1, -0.05) is 0 Å². The zero-order chi connectivity index (χ0) is 27.4. The summed E-state index contributed by atoms with van der Waals surface area (Å²) in [5.41, 5.74) is 2.15. The number of morpholine rings is 1. The molecule has 0 aliphatic carbocycles. The summed E-state index contributed by atoms with van der Waals surface area (Å²) in [6.07, 6.45) is 4.40. The van der Waals surface area contributed by atoms with Crippen molar-refractivity contribution >= 4 is 44.9 Å². The molecule has 10 nitrogen and oxygen atoms in total. The van der Waals surface area contributed by atoms with Gasteiger partial charge in [0, 0.05) is 67.0 Å². The second-order valence-electron chi connectivity index (χ2n) is 8.69. The Hall–Kier alpha value is -4.36. The van der Waals surface area contributed by atoms with Crippen LogP contribution in [0.1, 0.15) is 5.56 Å². The fraction of sp³-hybridized carbons (Fsp3) is 0.192. The topological polar surface area (TPSA) is 114 Å². The molecule has 0 saturated carbocycles. The maximum atomic E-state index is 14.1. The lowest BCUT2D eigenvalue weighted by Crippen LogP contribution is -2.36. The Morgan fingerprint density at radius 2 is 1.79 bits per heavy atom. The molecule has 2 aromatic carbocycles. The molecule has 39 heavy (non-hydrogen) atoms. The molecule has 3 heterocycles. The van der Waals surface area contributed by atoms with Crippen LogP contribution in [0.5, 0.6) is 0 Å². The van der Waals surface area contributed by atoms with E-state index in [-0.39, 0.29) is 11.8 Å². The SMILES string of the molecule is Cn1ccc(Nc2nc(Nc3ccc(N4CCOCC4)cc3)ncc2/C=C/S(=O)(=O)c2ccc(F)cc2F)n1. The van der Waals surface area contributed by atoms with Gasteiger partial charge in [-0.25, -0.2) is 22.2 Å². The highest BCUT2D eigenvalue weighted by atomic mass is 32.2. The number of nitrogens with one attached hydrogen (secondary N) is 2. The van der Waals surface area contributed by atoms with Crippen molar-refractivity contribution in [1.29, 1.82) is 0 Å². The molecule has 2 N–H and O–H groups in total. The first-order valence-electron chi connectivity index (χ1n) is 12.0. The van der Waals surface area contributed by atoms with Crippen LogP contribution in [0.4, 0.5) is 37.7 Å². The van der Waals surface area contributed by atoms with Gasteiger partial charge in [0.15, 0.2) is 5.82 Å². The highest BCUT2D eigenvalue weighted by Gasteiger charge is 2.18. The Morgan fingerprint density at radius 1 is 1.03 bits per heavy atom. The molecule has 1 fully saturated rings. The summed E-state index contributed by atoms with van der Waals surface area (Å²) >= 11 is 0. The first-order chi connectivity index (χ1) is 18.8. The molecule has 13 heteroatoms. The number of nitrogens with zero attached hydrogens (tertiary/aromatic N) is 5. The summed E-state index contributed by atoms with van der Waals surface area (Å²) in [4.78, 5) is 10.4. The number of hydrogen-bond acceptors (Lipinski definition) is 9. The Kier molecular flexibility index (Phi) is 7.52. The minimum Gasteiger partial charge on any atom is -0.378 e. The number of aromatic nitrogens is 4. The summed E-state index contributed by atoms with van der Waals surface area (Å²) in [6.45, 7) is 3.05. The van der Waals surface area contributed by atoms with E-state index in [1.54, 1.807) is 24.0 Å². The highest BCUT2D eigenvalue weighted by molar-refractivity contribution is 7.94. The van der Waals surface area contributed by atoms with Crippen LogP contribution in [0.15, 0.2) is 71.2 Å². The van der Waals surface area contributed by atoms with Gasteiger partial charge >= 0.3 is 0 Å². The minimum atomic E-state index is -4.22. The van der Waals surface area contributed by atoms with E-state index in [2.05, 4.69) is 30.6 Å². The molecule has 1 aliphatic heterocycles. The van der Waals surface area contributed by atoms with E-state index in [0.717, 1.165) is 42.0 Å². The molecule has 0 radical (unpaired) electrons. The fourth-order valence-electron chi connectivity index (χ4n) is 3.92. The van der Waals surface area contributed by atoms with Gasteiger partial charge in [-0.2, -0.15) is 10.1 Å². The number of hydrogen-bond donors (Lipinski definition) is 2. The molecule has 0 unspecified atom stereocenters. The monoisotopic (exact) mass is 553 g/mol. The molecule has 0 atom stereocenters. The van der Waals surface area contributed by atoms with Crippen molar-refractivity contribution in [1.82, 2.24) is 19.7 Å². The summed E-state index contributed by atoms with van der Waals surface area (Å²) in [7, 11) is -2.46. The van der Waals surface area contributed by atoms with Gasteiger partial charge in [0.25, 0.3) is 0 Å². The lowest BCUT2D eigenvalue weighted by molar-refractivity contribution is 0.122. The van der Waals surface area contributed by atoms with Gasteiger partial charge < -0.3 is 20.3 Å². The van der Waals surface area contributed by atoms with Gasteiger partial charge in [-0.15, -0.1) is 0 Å². The Labute approximate surface area is 223 Å². The number of ether oxygens (including phenoxy) is 1. The maximum Gasteiger partial charge on any atom is 0.229 e. The second-order valence-corrected chi connectivity index (χ2v) is 10.5. The second kappa shape index (κ2) is 11.2. The average Bonchev–Trinajstić information content (AvgIpc) is 3.33. The molecule has 2 aromatic heterocycles. The predicted octanol–water partition coefficient (Wildman–Crippen LogP) is 4.26. The summed E-state index contributed by atoms with van der Waals surface area (Å²) in [5.74, 6) is -1.05. The Morgan fingerprint density at radius 3 is 2.49 bits per heavy atom. The van der Waals surface area contributed by atoms with Crippen LogP contribution >= 0.6 is 0 Å². The molecule has 5 rings (SSSR count). The first kappa shape index (κ1) is 26.3. The van der Waals surface area contributed by atoms with Crippen LogP contribution in [0.3, 0.4) is 0 Å². The maximum absolute atomic E-state index is 14.1. The molecule has 1 saturated heterocycles. The molecule has 0 spiro atoms. The first-order valence-corrected chi connectivity index (χ1v) is 13.5. The third-order valence-electron chi connectivity index (χ3n) is 5.90. The highest BCUT2D eigenvalue weighted by Crippen LogP contribution is 2.25. The lowest BCUT2D eigenvalue weighted by atomic mass is 10.2. The van der Waals surface area contributed by atoms with Crippen molar-refractivity contribution < 1.29 is 21.9 Å². The molecule has 4 aromatic rings. The standard InChI is InChI=1S/C26H25F2N7O3S/c1-34-10-8-24(33-34)31-25-18(9-15-39(36,37)23-7-2-19(27)16-22(23)28)17-29-26(32-25)30-20-3-5-21(6-4-20)35-11-13-38-14-12-35/h2-10,15-17H,11-14H2,1H3,(H2,29,30,31,32,33)/b15-9+. The van der Waals surface area contributed by atoms with Gasteiger partial charge in [0.05, 0.1) is 13.2 Å². The molecular weight excluding hydrogens is 528 g/mol. The van der Waals surface area contributed by atoms with Gasteiger partial charge in [0.2, 0.25) is 15.8 Å². The van der Waals surface area contributed by atoms with Gasteiger partial charge in [-0.05, 0) is 42.5 Å². The number of benzene rings is 2. The molecule has 1 aliphatic rings. The summed E-state index contributed by atoms with van der Waals surface area (Å²) in [5, 5.41) is 11.3. The van der Waals surface area contributed by atoms with Crippen molar-refractivity contribution in [3.63, 3.8) is 0 Å². The van der Waals surface area contributed by atoms with Crippen molar-refractivity contribution in [2.24, 2.45) is 7.05 Å². The molecule has 0 bridgehead atoms. The molecule has 202 valence electrons. The van der Waals surface area contributed by atoms with Crippen LogP contribution in [0.25, 0.3) is 6.08 Å². The lowest BCUT2D eigenvalue weighted by Gasteiger charge is -2.28. The average molecular weight is 554 g/mol. The smallest absolute Gasteiger partial charge is 0.229 e. The normalized spacial score (nSPS) is 14.1. The van der Waals surface area contributed by atoms with Crippen LogP contribution < -0.4 is 15.5 Å². The van der Waals surface area contributed by atoms with E-state index in [4.69, 9.17) is 4.74 Å². The predicted molar refractivity (Wildman–Crippen MR) is 144 cm³/mol. The quantitative estimate of drug-likeness (QED) is 0.309. The minimum absolute atomic E-state index is 0.261. The zero-order valence-corrected chi connectivity index (χ0v) is 21.7. The fourth-order valence-corrected chi connectivity index (χ4v) is 4.99. The van der Waals surface area contributed by atoms with Crippen LogP contribution in [-0.4, -0.2) is 54.5 Å². The largest absolute Gasteiger partial charge is 0.378 e. The van der Waals surface area contributed by atoms with E-state index in [1.165, 1.54) is 12.3 Å². The number of sulfone groups is 1. The summed E-state index contributed by atoms with van der Waals surface area (Å²) in [6, 6.07) is 11.8. The zero-order valence-electron chi connectivity index (χ0n) is 20.9. The van der Waals surface area contributed by atoms with E-state index in [1.807, 2.05) is 24.3 Å². The summed E-state index contributed by atoms with van der Waals surface area (Å²) < 4.78 is 59.8. The number of halogens is 2. The van der Waals surface area contributed by atoms with E-state index < -0.39 is 26.4 Å². The Bertz CT molecular complexity index is 1600. The van der Waals surface area contributed by atoms with Crippen LogP contribution in [0, 0.1) is 11.6 Å². The number of rotatable bonds is 8. The van der Waals surface area contributed by atoms with Crippen molar-refractivity contribution in [3.8, 4) is 0 Å². The van der Waals surface area contributed by atoms with E-state index >= 15 is 0 Å². The Balaban J connectivity index is 1.40. The molecule has 0 amide bonds. The van der Waals surface area contributed by atoms with Crippen molar-refractivity contribution in [2.45, 2.75) is 4.90 Å². The van der Waals surface area contributed by atoms with E-state index in [9.17, 15) is 17.2 Å². The van der Waals surface area contributed by atoms with Crippen LogP contribution in [0.2, 0.25) is 0 Å². The molecular formula is C26H25F2N7O3S. The van der Waals surface area contributed by atoms with Gasteiger partial charge in [-0.3, -0.25) is 4.68 Å². The van der Waals surface area contributed by atoms with Crippen LogP contribution in [-0.2, 0) is 21.6 Å². The third kappa shape index (κ3) is 6.38. The third-order valence-corrected chi connectivity index (χ3v) is 7.34.